The van der Waals surface area contributed by atoms with Crippen LogP contribution in [-0.4, -0.2) is 16.1 Å². The molecule has 1 fully saturated rings. The zero-order chi connectivity index (χ0) is 8.48. The summed E-state index contributed by atoms with van der Waals surface area (Å²) in [7, 11) is 0. The standard InChI is InChI=1S/C9H18S2/c1-7(2)8-10-5-9(3,4)6-11-8/h7-8H,5-6H2,1-4H3. The third-order valence-electron chi connectivity index (χ3n) is 1.82. The summed E-state index contributed by atoms with van der Waals surface area (Å²) in [6.07, 6.45) is 0. The fourth-order valence-electron chi connectivity index (χ4n) is 1.09. The first-order valence-electron chi connectivity index (χ1n) is 4.24. The van der Waals surface area contributed by atoms with Crippen LogP contribution in [-0.2, 0) is 0 Å². The van der Waals surface area contributed by atoms with Crippen LogP contribution in [0.1, 0.15) is 27.7 Å². The van der Waals surface area contributed by atoms with Gasteiger partial charge in [-0.1, -0.05) is 27.7 Å². The van der Waals surface area contributed by atoms with Crippen LogP contribution in [0.25, 0.3) is 0 Å². The molecule has 1 aliphatic rings. The molecule has 0 amide bonds. The number of hydrogen-bond acceptors (Lipinski definition) is 2. The third-order valence-corrected chi connectivity index (χ3v) is 6.28. The minimum absolute atomic E-state index is 0.570. The van der Waals surface area contributed by atoms with Gasteiger partial charge in [0.1, 0.15) is 0 Å². The molecule has 0 unspecified atom stereocenters. The average Bonchev–Trinajstić information content (AvgIpc) is 1.86. The van der Waals surface area contributed by atoms with Gasteiger partial charge < -0.3 is 0 Å². The summed E-state index contributed by atoms with van der Waals surface area (Å²) in [5.74, 6) is 3.51. The number of rotatable bonds is 1. The predicted octanol–water partition coefficient (Wildman–Crippen LogP) is 3.47. The zero-order valence-corrected chi connectivity index (χ0v) is 9.52. The lowest BCUT2D eigenvalue weighted by molar-refractivity contribution is 0.485. The van der Waals surface area contributed by atoms with Crippen LogP contribution < -0.4 is 0 Å². The van der Waals surface area contributed by atoms with Crippen molar-refractivity contribution in [1.82, 2.24) is 0 Å². The van der Waals surface area contributed by atoms with E-state index in [0.29, 0.717) is 5.41 Å². The molecule has 1 heterocycles. The van der Waals surface area contributed by atoms with Gasteiger partial charge in [-0.3, -0.25) is 0 Å². The van der Waals surface area contributed by atoms with Crippen LogP contribution in [0.2, 0.25) is 0 Å². The Morgan fingerprint density at radius 3 is 2.00 bits per heavy atom. The topological polar surface area (TPSA) is 0 Å². The first kappa shape index (κ1) is 9.79. The highest BCUT2D eigenvalue weighted by molar-refractivity contribution is 8.17. The van der Waals surface area contributed by atoms with Crippen LogP contribution >= 0.6 is 23.5 Å². The molecule has 11 heavy (non-hydrogen) atoms. The van der Waals surface area contributed by atoms with E-state index in [4.69, 9.17) is 0 Å². The summed E-state index contributed by atoms with van der Waals surface area (Å²) in [4.78, 5) is 0. The van der Waals surface area contributed by atoms with Crippen molar-refractivity contribution < 1.29 is 0 Å². The molecule has 0 aromatic carbocycles. The van der Waals surface area contributed by atoms with Crippen LogP contribution in [0, 0.1) is 11.3 Å². The van der Waals surface area contributed by atoms with Gasteiger partial charge in [0.25, 0.3) is 0 Å². The van der Waals surface area contributed by atoms with Crippen molar-refractivity contribution in [2.45, 2.75) is 32.3 Å². The lowest BCUT2D eigenvalue weighted by Gasteiger charge is -2.35. The highest BCUT2D eigenvalue weighted by atomic mass is 32.2. The Balaban J connectivity index is 2.36. The second-order valence-corrected chi connectivity index (χ2v) is 6.96. The molecule has 0 spiro atoms. The molecular formula is C9H18S2. The van der Waals surface area contributed by atoms with Crippen LogP contribution in [0.4, 0.5) is 0 Å². The minimum Gasteiger partial charge on any atom is -0.147 e. The van der Waals surface area contributed by atoms with Crippen molar-refractivity contribution in [3.8, 4) is 0 Å². The molecule has 0 saturated carbocycles. The molecule has 0 radical (unpaired) electrons. The zero-order valence-electron chi connectivity index (χ0n) is 7.89. The van der Waals surface area contributed by atoms with Gasteiger partial charge in [0, 0.05) is 11.5 Å². The van der Waals surface area contributed by atoms with E-state index in [0.717, 1.165) is 10.5 Å². The van der Waals surface area contributed by atoms with Crippen molar-refractivity contribution in [2.75, 3.05) is 11.5 Å². The Morgan fingerprint density at radius 2 is 1.64 bits per heavy atom. The molecule has 1 rings (SSSR count). The Hall–Kier alpha value is 0.700. The molecule has 0 nitrogen and oxygen atoms in total. The van der Waals surface area contributed by atoms with Gasteiger partial charge in [-0.2, -0.15) is 0 Å². The fourth-order valence-corrected chi connectivity index (χ4v) is 4.22. The summed E-state index contributed by atoms with van der Waals surface area (Å²) in [5.41, 5.74) is 0.570. The Labute approximate surface area is 78.9 Å². The maximum absolute atomic E-state index is 2.36. The SMILES string of the molecule is CC(C)C1SCC(C)(C)CS1. The minimum atomic E-state index is 0.570. The van der Waals surface area contributed by atoms with Crippen molar-refractivity contribution in [2.24, 2.45) is 11.3 Å². The number of hydrogen-bond donors (Lipinski definition) is 0. The monoisotopic (exact) mass is 190 g/mol. The lowest BCUT2D eigenvalue weighted by Crippen LogP contribution is -2.27. The normalized spacial score (nSPS) is 25.9. The molecule has 0 aromatic rings. The highest BCUT2D eigenvalue weighted by Crippen LogP contribution is 2.42. The summed E-state index contributed by atoms with van der Waals surface area (Å²) in [6, 6.07) is 0. The van der Waals surface area contributed by atoms with Gasteiger partial charge in [-0.25, -0.2) is 0 Å². The first-order chi connectivity index (χ1) is 5.01. The van der Waals surface area contributed by atoms with Gasteiger partial charge in [-0.05, 0) is 11.3 Å². The Kier molecular flexibility index (Phi) is 3.21. The molecule has 0 aromatic heterocycles. The molecule has 0 aliphatic carbocycles. The van der Waals surface area contributed by atoms with E-state index < -0.39 is 0 Å². The van der Waals surface area contributed by atoms with E-state index in [2.05, 4.69) is 51.2 Å². The van der Waals surface area contributed by atoms with Gasteiger partial charge in [0.2, 0.25) is 0 Å². The Morgan fingerprint density at radius 1 is 1.18 bits per heavy atom. The van der Waals surface area contributed by atoms with E-state index in [1.54, 1.807) is 0 Å². The first-order valence-corrected chi connectivity index (χ1v) is 6.34. The predicted molar refractivity (Wildman–Crippen MR) is 57.3 cm³/mol. The van der Waals surface area contributed by atoms with E-state index in [1.807, 2.05) is 0 Å². The fraction of sp³-hybridized carbons (Fsp3) is 1.00. The molecule has 1 saturated heterocycles. The van der Waals surface area contributed by atoms with E-state index >= 15 is 0 Å². The molecule has 2 heteroatoms. The van der Waals surface area contributed by atoms with Crippen LogP contribution in [0.3, 0.4) is 0 Å². The molecule has 0 N–H and O–H groups in total. The van der Waals surface area contributed by atoms with Gasteiger partial charge in [0.15, 0.2) is 0 Å². The van der Waals surface area contributed by atoms with Crippen LogP contribution in [0.5, 0.6) is 0 Å². The van der Waals surface area contributed by atoms with Crippen molar-refractivity contribution in [1.29, 1.82) is 0 Å². The average molecular weight is 190 g/mol. The Bertz CT molecular complexity index is 120. The van der Waals surface area contributed by atoms with Crippen molar-refractivity contribution >= 4 is 23.5 Å². The largest absolute Gasteiger partial charge is 0.147 e. The van der Waals surface area contributed by atoms with Crippen molar-refractivity contribution in [3.63, 3.8) is 0 Å². The van der Waals surface area contributed by atoms with Crippen molar-refractivity contribution in [3.05, 3.63) is 0 Å². The maximum Gasteiger partial charge on any atom is 0.0525 e. The number of thioether (sulfide) groups is 2. The molecule has 0 bridgehead atoms. The molecule has 1 aliphatic heterocycles. The van der Waals surface area contributed by atoms with E-state index in [-0.39, 0.29) is 0 Å². The smallest absolute Gasteiger partial charge is 0.0525 e. The second-order valence-electron chi connectivity index (χ2n) is 4.40. The summed E-state index contributed by atoms with van der Waals surface area (Å²) in [5, 5.41) is 0. The summed E-state index contributed by atoms with van der Waals surface area (Å²) < 4.78 is 0.850. The maximum atomic E-state index is 2.36. The quantitative estimate of drug-likeness (QED) is 0.621. The van der Waals surface area contributed by atoms with Gasteiger partial charge in [0.05, 0.1) is 4.58 Å². The van der Waals surface area contributed by atoms with E-state index in [9.17, 15) is 0 Å². The summed E-state index contributed by atoms with van der Waals surface area (Å²) in [6.45, 7) is 9.37. The molecule has 66 valence electrons. The second kappa shape index (κ2) is 3.61. The van der Waals surface area contributed by atoms with Crippen LogP contribution in [0.15, 0.2) is 0 Å². The van der Waals surface area contributed by atoms with Gasteiger partial charge in [-0.15, -0.1) is 23.5 Å². The molecule has 0 atom stereocenters. The van der Waals surface area contributed by atoms with Gasteiger partial charge >= 0.3 is 0 Å². The van der Waals surface area contributed by atoms with E-state index in [1.165, 1.54) is 11.5 Å². The lowest BCUT2D eigenvalue weighted by atomic mass is 10.00. The molecular weight excluding hydrogens is 172 g/mol. The third kappa shape index (κ3) is 2.90. The summed E-state index contributed by atoms with van der Waals surface area (Å²) >= 11 is 4.28. The highest BCUT2D eigenvalue weighted by Gasteiger charge is 2.29.